The smallest absolute Gasteiger partial charge is 0.104 e. The van der Waals surface area contributed by atoms with E-state index in [2.05, 4.69) is 30.9 Å². The molecule has 1 heterocycles. The van der Waals surface area contributed by atoms with Crippen molar-refractivity contribution < 1.29 is 18.9 Å². The highest BCUT2D eigenvalue weighted by atomic mass is 16.6. The Morgan fingerprint density at radius 1 is 1.00 bits per heavy atom. The van der Waals surface area contributed by atoms with Crippen LogP contribution >= 0.6 is 0 Å². The Bertz CT molecular complexity index is 646. The molecule has 0 aromatic heterocycles. The molecule has 1 saturated carbocycles. The summed E-state index contributed by atoms with van der Waals surface area (Å²) >= 11 is 0. The second-order valence-corrected chi connectivity index (χ2v) is 8.77. The maximum Gasteiger partial charge on any atom is 0.104 e. The lowest BCUT2D eigenvalue weighted by Crippen LogP contribution is -2.31. The van der Waals surface area contributed by atoms with E-state index >= 15 is 0 Å². The van der Waals surface area contributed by atoms with E-state index in [0.717, 1.165) is 38.7 Å². The van der Waals surface area contributed by atoms with Crippen LogP contribution in [0.3, 0.4) is 0 Å². The van der Waals surface area contributed by atoms with Crippen LogP contribution in [-0.2, 0) is 25.6 Å². The predicted octanol–water partition coefficient (Wildman–Crippen LogP) is 5.68. The topological polar surface area (TPSA) is 40.2 Å². The van der Waals surface area contributed by atoms with Crippen molar-refractivity contribution in [3.8, 4) is 11.8 Å². The maximum atomic E-state index is 6.28. The standard InChI is InChI=1S/C27H40O4/c1-2-3-4-5-6-7-8-12-16-24(28-19-23-14-10-9-11-15-23)20-30-26-17-13-18-27(26)31-22-25-21-29-25/h9-11,14-15,24-27H,2-7,13,16-22H2,1H3/t24-,25-,26+,27-/m1/s1. The molecular weight excluding hydrogens is 388 g/mol. The van der Waals surface area contributed by atoms with Crippen molar-refractivity contribution in [1.82, 2.24) is 0 Å². The summed E-state index contributed by atoms with van der Waals surface area (Å²) in [5, 5.41) is 0. The van der Waals surface area contributed by atoms with E-state index in [9.17, 15) is 0 Å². The average molecular weight is 429 g/mol. The molecule has 4 atom stereocenters. The summed E-state index contributed by atoms with van der Waals surface area (Å²) in [6.45, 7) is 4.95. The van der Waals surface area contributed by atoms with Gasteiger partial charge in [-0.3, -0.25) is 0 Å². The van der Waals surface area contributed by atoms with Gasteiger partial charge in [0.15, 0.2) is 0 Å². The van der Waals surface area contributed by atoms with Crippen LogP contribution in [0.25, 0.3) is 0 Å². The largest absolute Gasteiger partial charge is 0.373 e. The average Bonchev–Trinajstić information content (AvgIpc) is 3.53. The Morgan fingerprint density at radius 2 is 1.77 bits per heavy atom. The molecule has 1 aliphatic heterocycles. The second-order valence-electron chi connectivity index (χ2n) is 8.77. The van der Waals surface area contributed by atoms with Crippen LogP contribution in [0.15, 0.2) is 30.3 Å². The zero-order chi connectivity index (χ0) is 21.6. The van der Waals surface area contributed by atoms with Crippen LogP contribution < -0.4 is 0 Å². The van der Waals surface area contributed by atoms with Gasteiger partial charge >= 0.3 is 0 Å². The summed E-state index contributed by atoms with van der Waals surface area (Å²) in [6.07, 6.45) is 12.1. The lowest BCUT2D eigenvalue weighted by atomic mass is 10.1. The molecule has 4 nitrogen and oxygen atoms in total. The van der Waals surface area contributed by atoms with Gasteiger partial charge in [0.05, 0.1) is 44.7 Å². The van der Waals surface area contributed by atoms with Crippen LogP contribution in [-0.4, -0.2) is 44.2 Å². The van der Waals surface area contributed by atoms with Crippen LogP contribution in [0.1, 0.15) is 76.7 Å². The Balaban J connectivity index is 1.41. The molecule has 0 amide bonds. The van der Waals surface area contributed by atoms with E-state index < -0.39 is 0 Å². The number of ether oxygens (including phenoxy) is 4. The van der Waals surface area contributed by atoms with Gasteiger partial charge in [0.2, 0.25) is 0 Å². The molecule has 0 radical (unpaired) electrons. The second kappa shape index (κ2) is 14.6. The van der Waals surface area contributed by atoms with Gasteiger partial charge in [0, 0.05) is 12.8 Å². The molecule has 0 spiro atoms. The third-order valence-corrected chi connectivity index (χ3v) is 5.98. The number of unbranched alkanes of at least 4 members (excludes halogenated alkanes) is 5. The van der Waals surface area contributed by atoms with Crippen molar-refractivity contribution in [1.29, 1.82) is 0 Å². The third kappa shape index (κ3) is 10.2. The third-order valence-electron chi connectivity index (χ3n) is 5.98. The minimum atomic E-state index is -0.0131. The molecule has 1 aliphatic carbocycles. The summed E-state index contributed by atoms with van der Waals surface area (Å²) < 4.78 is 23.8. The number of hydrogen-bond acceptors (Lipinski definition) is 4. The van der Waals surface area contributed by atoms with Gasteiger partial charge in [-0.2, -0.15) is 0 Å². The Labute approximate surface area is 189 Å². The Hall–Kier alpha value is -1.38. The Kier molecular flexibility index (Phi) is 11.5. The van der Waals surface area contributed by atoms with Gasteiger partial charge in [-0.15, -0.1) is 11.8 Å². The van der Waals surface area contributed by atoms with E-state index in [1.165, 1.54) is 37.7 Å². The van der Waals surface area contributed by atoms with Crippen LogP contribution in [0.4, 0.5) is 0 Å². The lowest BCUT2D eigenvalue weighted by Gasteiger charge is -2.23. The van der Waals surface area contributed by atoms with Crippen molar-refractivity contribution in [3.63, 3.8) is 0 Å². The molecule has 172 valence electrons. The van der Waals surface area contributed by atoms with E-state index in [0.29, 0.717) is 25.9 Å². The summed E-state index contributed by atoms with van der Waals surface area (Å²) in [5.41, 5.74) is 1.18. The molecule has 1 saturated heterocycles. The maximum absolute atomic E-state index is 6.28. The summed E-state index contributed by atoms with van der Waals surface area (Å²) in [6, 6.07) is 10.3. The van der Waals surface area contributed by atoms with Gasteiger partial charge in [-0.05, 0) is 31.2 Å². The molecule has 0 bridgehead atoms. The van der Waals surface area contributed by atoms with Gasteiger partial charge in [-0.1, -0.05) is 62.9 Å². The quantitative estimate of drug-likeness (QED) is 0.205. The number of rotatable bonds is 15. The lowest BCUT2D eigenvalue weighted by molar-refractivity contribution is -0.0934. The molecule has 1 aromatic carbocycles. The minimum Gasteiger partial charge on any atom is -0.373 e. The summed E-state index contributed by atoms with van der Waals surface area (Å²) in [7, 11) is 0. The van der Waals surface area contributed by atoms with E-state index in [1.807, 2.05) is 18.2 Å². The van der Waals surface area contributed by atoms with Crippen molar-refractivity contribution >= 4 is 0 Å². The summed E-state index contributed by atoms with van der Waals surface area (Å²) in [5.74, 6) is 6.69. The molecule has 3 rings (SSSR count). The molecule has 1 aromatic rings. The molecule has 2 aliphatic rings. The molecule has 0 unspecified atom stereocenters. The highest BCUT2D eigenvalue weighted by Crippen LogP contribution is 2.26. The van der Waals surface area contributed by atoms with Crippen molar-refractivity contribution in [2.24, 2.45) is 0 Å². The first kappa shape index (κ1) is 24.3. The van der Waals surface area contributed by atoms with E-state index in [-0.39, 0.29) is 18.3 Å². The van der Waals surface area contributed by atoms with Gasteiger partial charge in [0.25, 0.3) is 0 Å². The first-order chi connectivity index (χ1) is 15.3. The molecule has 31 heavy (non-hydrogen) atoms. The first-order valence-electron chi connectivity index (χ1n) is 12.3. The Morgan fingerprint density at radius 3 is 2.55 bits per heavy atom. The van der Waals surface area contributed by atoms with Crippen LogP contribution in [0, 0.1) is 11.8 Å². The fraction of sp³-hybridized carbons (Fsp3) is 0.704. The zero-order valence-corrected chi connectivity index (χ0v) is 19.2. The molecular formula is C27H40O4. The van der Waals surface area contributed by atoms with Gasteiger partial charge < -0.3 is 18.9 Å². The first-order valence-corrected chi connectivity index (χ1v) is 12.3. The monoisotopic (exact) mass is 428 g/mol. The molecule has 2 fully saturated rings. The van der Waals surface area contributed by atoms with Crippen LogP contribution in [0.2, 0.25) is 0 Å². The molecule has 0 N–H and O–H groups in total. The minimum absolute atomic E-state index is 0.0131. The highest BCUT2D eigenvalue weighted by molar-refractivity contribution is 5.13. The fourth-order valence-electron chi connectivity index (χ4n) is 3.95. The predicted molar refractivity (Wildman–Crippen MR) is 124 cm³/mol. The van der Waals surface area contributed by atoms with Crippen molar-refractivity contribution in [2.75, 3.05) is 19.8 Å². The van der Waals surface area contributed by atoms with Crippen molar-refractivity contribution in [3.05, 3.63) is 35.9 Å². The summed E-state index contributed by atoms with van der Waals surface area (Å²) in [4.78, 5) is 0. The fourth-order valence-corrected chi connectivity index (χ4v) is 3.95. The number of epoxide rings is 1. The van der Waals surface area contributed by atoms with Crippen molar-refractivity contribution in [2.45, 2.75) is 102 Å². The van der Waals surface area contributed by atoms with E-state index in [1.54, 1.807) is 0 Å². The van der Waals surface area contributed by atoms with Gasteiger partial charge in [0.1, 0.15) is 6.10 Å². The zero-order valence-electron chi connectivity index (χ0n) is 19.2. The van der Waals surface area contributed by atoms with E-state index in [4.69, 9.17) is 18.9 Å². The highest BCUT2D eigenvalue weighted by Gasteiger charge is 2.32. The van der Waals surface area contributed by atoms with Crippen LogP contribution in [0.5, 0.6) is 0 Å². The normalized spacial score (nSPS) is 23.3. The van der Waals surface area contributed by atoms with Gasteiger partial charge in [-0.25, -0.2) is 0 Å². The number of benzene rings is 1. The molecule has 4 heteroatoms. The number of hydrogen-bond donors (Lipinski definition) is 0. The SMILES string of the molecule is CCCCCCCC#CC[C@H](CO[C@H]1CCC[C@H]1OC[C@H]1CO1)OCc1ccccc1.